The quantitative estimate of drug-likeness (QED) is 0.893. The first-order chi connectivity index (χ1) is 10.1. The summed E-state index contributed by atoms with van der Waals surface area (Å²) in [7, 11) is 1.70. The molecule has 1 fully saturated rings. The number of ether oxygens (including phenoxy) is 2. The molecule has 1 aliphatic heterocycles. The molecule has 3 atom stereocenters. The Kier molecular flexibility index (Phi) is 4.20. The summed E-state index contributed by atoms with van der Waals surface area (Å²) < 4.78 is 10.9. The molecule has 0 amide bonds. The van der Waals surface area contributed by atoms with E-state index in [2.05, 4.69) is 17.4 Å². The summed E-state index contributed by atoms with van der Waals surface area (Å²) in [5, 5.41) is 14.2. The van der Waals surface area contributed by atoms with E-state index in [9.17, 15) is 5.11 Å². The van der Waals surface area contributed by atoms with Crippen LogP contribution in [-0.4, -0.2) is 37.1 Å². The Morgan fingerprint density at radius 3 is 3.05 bits per heavy atom. The third kappa shape index (κ3) is 2.93. The van der Waals surface area contributed by atoms with Gasteiger partial charge in [0.25, 0.3) is 0 Å². The molecular weight excluding hydrogens is 266 g/mol. The van der Waals surface area contributed by atoms with Crippen LogP contribution >= 0.6 is 0 Å². The predicted octanol–water partition coefficient (Wildman–Crippen LogP) is 2.20. The normalized spacial score (nSPS) is 32.0. The summed E-state index contributed by atoms with van der Waals surface area (Å²) >= 11 is 0. The Labute approximate surface area is 126 Å². The van der Waals surface area contributed by atoms with Crippen molar-refractivity contribution in [3.63, 3.8) is 0 Å². The molecule has 0 bridgehead atoms. The summed E-state index contributed by atoms with van der Waals surface area (Å²) in [6.07, 6.45) is 4.02. The predicted molar refractivity (Wildman–Crippen MR) is 81.7 cm³/mol. The maximum absolute atomic E-state index is 10.6. The lowest BCUT2D eigenvalue weighted by Gasteiger charge is -2.32. The van der Waals surface area contributed by atoms with Crippen LogP contribution in [0.25, 0.3) is 0 Å². The second-order valence-electron chi connectivity index (χ2n) is 6.26. The van der Waals surface area contributed by atoms with Gasteiger partial charge < -0.3 is 19.9 Å². The van der Waals surface area contributed by atoms with Crippen molar-refractivity contribution in [3.05, 3.63) is 29.3 Å². The van der Waals surface area contributed by atoms with Crippen molar-refractivity contribution in [3.8, 4) is 5.75 Å². The van der Waals surface area contributed by atoms with E-state index >= 15 is 0 Å². The van der Waals surface area contributed by atoms with Gasteiger partial charge in [0.05, 0.1) is 13.2 Å². The van der Waals surface area contributed by atoms with E-state index in [-0.39, 0.29) is 6.10 Å². The Morgan fingerprint density at radius 2 is 2.33 bits per heavy atom. The zero-order valence-corrected chi connectivity index (χ0v) is 12.9. The summed E-state index contributed by atoms with van der Waals surface area (Å²) in [6.45, 7) is 3.18. The lowest BCUT2D eigenvalue weighted by atomic mass is 9.86. The molecule has 4 nitrogen and oxygen atoms in total. The third-order valence-corrected chi connectivity index (χ3v) is 4.98. The van der Waals surface area contributed by atoms with Gasteiger partial charge in [-0.1, -0.05) is 6.07 Å². The molecule has 0 aromatic heterocycles. The van der Waals surface area contributed by atoms with Crippen molar-refractivity contribution >= 4 is 0 Å². The maximum atomic E-state index is 10.6. The van der Waals surface area contributed by atoms with Crippen LogP contribution in [0.3, 0.4) is 0 Å². The van der Waals surface area contributed by atoms with Gasteiger partial charge in [0.15, 0.2) is 0 Å². The fourth-order valence-electron chi connectivity index (χ4n) is 3.42. The van der Waals surface area contributed by atoms with Crippen molar-refractivity contribution in [1.29, 1.82) is 0 Å². The first kappa shape index (κ1) is 14.8. The minimum Gasteiger partial charge on any atom is -0.497 e. The van der Waals surface area contributed by atoms with Crippen molar-refractivity contribution in [2.75, 3.05) is 20.3 Å². The lowest BCUT2D eigenvalue weighted by Crippen LogP contribution is -2.47. The van der Waals surface area contributed by atoms with Crippen molar-refractivity contribution in [2.45, 2.75) is 50.4 Å². The molecule has 21 heavy (non-hydrogen) atoms. The van der Waals surface area contributed by atoms with Gasteiger partial charge in [-0.15, -0.1) is 0 Å². The fourth-order valence-corrected chi connectivity index (χ4v) is 3.42. The lowest BCUT2D eigenvalue weighted by molar-refractivity contribution is -0.0280. The molecule has 0 saturated carbocycles. The van der Waals surface area contributed by atoms with Crippen LogP contribution < -0.4 is 10.1 Å². The van der Waals surface area contributed by atoms with Crippen molar-refractivity contribution in [1.82, 2.24) is 5.32 Å². The zero-order valence-electron chi connectivity index (χ0n) is 12.9. The standard InChI is InChI=1S/C17H25NO3/c1-12-17(19,8-9-21-12)11-18-16-5-3-4-13-6-7-14(20-2)10-15(13)16/h6-7,10,12,16,18-19H,3-5,8-9,11H2,1-2H3. The van der Waals surface area contributed by atoms with Crippen LogP contribution in [0, 0.1) is 0 Å². The zero-order chi connectivity index (χ0) is 14.9. The van der Waals surface area contributed by atoms with Gasteiger partial charge in [0, 0.05) is 25.6 Å². The molecule has 0 spiro atoms. The van der Waals surface area contributed by atoms with E-state index in [1.54, 1.807) is 7.11 Å². The molecule has 2 aliphatic rings. The van der Waals surface area contributed by atoms with Crippen LogP contribution in [0.15, 0.2) is 18.2 Å². The topological polar surface area (TPSA) is 50.7 Å². The highest BCUT2D eigenvalue weighted by Crippen LogP contribution is 2.33. The largest absolute Gasteiger partial charge is 0.497 e. The number of benzene rings is 1. The number of nitrogens with one attached hydrogen (secondary N) is 1. The Balaban J connectivity index is 1.73. The Morgan fingerprint density at radius 1 is 1.48 bits per heavy atom. The number of methoxy groups -OCH3 is 1. The first-order valence-corrected chi connectivity index (χ1v) is 7.86. The van der Waals surface area contributed by atoms with Gasteiger partial charge in [-0.3, -0.25) is 0 Å². The monoisotopic (exact) mass is 291 g/mol. The number of hydrogen-bond donors (Lipinski definition) is 2. The Bertz CT molecular complexity index is 505. The molecule has 1 saturated heterocycles. The maximum Gasteiger partial charge on any atom is 0.119 e. The highest BCUT2D eigenvalue weighted by Gasteiger charge is 2.39. The molecule has 116 valence electrons. The highest BCUT2D eigenvalue weighted by molar-refractivity contribution is 5.39. The second-order valence-corrected chi connectivity index (χ2v) is 6.26. The van der Waals surface area contributed by atoms with E-state index in [1.165, 1.54) is 17.5 Å². The van der Waals surface area contributed by atoms with E-state index in [0.29, 0.717) is 25.6 Å². The van der Waals surface area contributed by atoms with E-state index in [0.717, 1.165) is 18.6 Å². The molecule has 1 heterocycles. The van der Waals surface area contributed by atoms with Gasteiger partial charge in [-0.2, -0.15) is 0 Å². The molecule has 0 radical (unpaired) electrons. The third-order valence-electron chi connectivity index (χ3n) is 4.98. The van der Waals surface area contributed by atoms with E-state index in [1.807, 2.05) is 13.0 Å². The van der Waals surface area contributed by atoms with Crippen LogP contribution in [-0.2, 0) is 11.2 Å². The average molecular weight is 291 g/mol. The van der Waals surface area contributed by atoms with Crippen LogP contribution in [0.4, 0.5) is 0 Å². The van der Waals surface area contributed by atoms with Gasteiger partial charge in [0.2, 0.25) is 0 Å². The number of aryl methyl sites for hydroxylation is 1. The van der Waals surface area contributed by atoms with Gasteiger partial charge in [-0.25, -0.2) is 0 Å². The summed E-state index contributed by atoms with van der Waals surface area (Å²) in [5.41, 5.74) is 1.97. The number of aliphatic hydroxyl groups is 1. The van der Waals surface area contributed by atoms with E-state index in [4.69, 9.17) is 9.47 Å². The van der Waals surface area contributed by atoms with Crippen molar-refractivity contribution in [2.24, 2.45) is 0 Å². The smallest absolute Gasteiger partial charge is 0.119 e. The number of fused-ring (bicyclic) bond motifs is 1. The van der Waals surface area contributed by atoms with Crippen LogP contribution in [0.1, 0.15) is 43.4 Å². The molecular formula is C17H25NO3. The Hall–Kier alpha value is -1.10. The summed E-state index contributed by atoms with van der Waals surface area (Å²) in [5.74, 6) is 0.902. The van der Waals surface area contributed by atoms with Gasteiger partial charge in [-0.05, 0) is 49.4 Å². The second kappa shape index (κ2) is 5.95. The summed E-state index contributed by atoms with van der Waals surface area (Å²) in [6, 6.07) is 6.62. The number of rotatable bonds is 4. The number of hydrogen-bond acceptors (Lipinski definition) is 4. The average Bonchev–Trinajstić information content (AvgIpc) is 2.84. The molecule has 1 aromatic rings. The molecule has 4 heteroatoms. The molecule has 2 N–H and O–H groups in total. The van der Waals surface area contributed by atoms with Crippen LogP contribution in [0.2, 0.25) is 0 Å². The molecule has 1 aliphatic carbocycles. The molecule has 3 unspecified atom stereocenters. The summed E-state index contributed by atoms with van der Waals surface area (Å²) in [4.78, 5) is 0. The minimum absolute atomic E-state index is 0.0987. The SMILES string of the molecule is COc1ccc2c(c1)C(NCC1(O)CCOC1C)CCC2. The molecule has 3 rings (SSSR count). The van der Waals surface area contributed by atoms with Crippen molar-refractivity contribution < 1.29 is 14.6 Å². The minimum atomic E-state index is -0.740. The van der Waals surface area contributed by atoms with Gasteiger partial charge >= 0.3 is 0 Å². The van der Waals surface area contributed by atoms with E-state index < -0.39 is 5.60 Å². The first-order valence-electron chi connectivity index (χ1n) is 7.86. The van der Waals surface area contributed by atoms with Gasteiger partial charge in [0.1, 0.15) is 11.4 Å². The fraction of sp³-hybridized carbons (Fsp3) is 0.647. The highest BCUT2D eigenvalue weighted by atomic mass is 16.5. The molecule has 1 aromatic carbocycles. The van der Waals surface area contributed by atoms with Crippen LogP contribution in [0.5, 0.6) is 5.75 Å².